The van der Waals surface area contributed by atoms with Gasteiger partial charge < -0.3 is 10.2 Å². The molecule has 33 heavy (non-hydrogen) atoms. The molecule has 0 saturated heterocycles. The molecule has 0 aliphatic carbocycles. The van der Waals surface area contributed by atoms with E-state index in [1.54, 1.807) is 4.90 Å². The third kappa shape index (κ3) is 6.44. The van der Waals surface area contributed by atoms with Crippen LogP contribution >= 0.6 is 0 Å². The van der Waals surface area contributed by atoms with E-state index in [4.69, 9.17) is 0 Å². The van der Waals surface area contributed by atoms with Crippen LogP contribution in [0.4, 0.5) is 0 Å². The lowest BCUT2D eigenvalue weighted by atomic mass is 10.00. The molecule has 2 atom stereocenters. The highest BCUT2D eigenvalue weighted by Crippen LogP contribution is 2.21. The van der Waals surface area contributed by atoms with Crippen molar-refractivity contribution in [2.75, 3.05) is 0 Å². The molecule has 0 heterocycles. The Morgan fingerprint density at radius 2 is 1.67 bits per heavy atom. The summed E-state index contributed by atoms with van der Waals surface area (Å²) in [7, 11) is 0. The Kier molecular flexibility index (Phi) is 8.65. The van der Waals surface area contributed by atoms with E-state index in [2.05, 4.69) is 35.6 Å². The SMILES string of the molecule is CCC(C)NC(=O)C(CC)N(Cc1cccc(C)c1)C(=O)CCc1cccc2ccccc12. The number of amides is 2. The second-order valence-corrected chi connectivity index (χ2v) is 8.89. The number of rotatable bonds is 10. The largest absolute Gasteiger partial charge is 0.352 e. The fourth-order valence-corrected chi connectivity index (χ4v) is 4.26. The van der Waals surface area contributed by atoms with Gasteiger partial charge in [0.05, 0.1) is 0 Å². The first-order chi connectivity index (χ1) is 15.9. The van der Waals surface area contributed by atoms with Crippen molar-refractivity contribution >= 4 is 22.6 Å². The van der Waals surface area contributed by atoms with Crippen LogP contribution in [-0.4, -0.2) is 28.8 Å². The number of benzene rings is 3. The van der Waals surface area contributed by atoms with Crippen LogP contribution in [0.5, 0.6) is 0 Å². The molecule has 0 saturated carbocycles. The van der Waals surface area contributed by atoms with Crippen molar-refractivity contribution in [1.82, 2.24) is 10.2 Å². The summed E-state index contributed by atoms with van der Waals surface area (Å²) in [5.74, 6) is -0.0615. The van der Waals surface area contributed by atoms with E-state index < -0.39 is 6.04 Å². The highest BCUT2D eigenvalue weighted by atomic mass is 16.2. The van der Waals surface area contributed by atoms with Gasteiger partial charge in [-0.15, -0.1) is 0 Å². The molecular weight excluding hydrogens is 408 g/mol. The fraction of sp³-hybridized carbons (Fsp3) is 0.379. The molecule has 4 heteroatoms. The van der Waals surface area contributed by atoms with E-state index in [1.807, 2.05) is 64.1 Å². The highest BCUT2D eigenvalue weighted by Gasteiger charge is 2.29. The minimum absolute atomic E-state index is 0.00981. The van der Waals surface area contributed by atoms with Crippen LogP contribution in [0.2, 0.25) is 0 Å². The van der Waals surface area contributed by atoms with Gasteiger partial charge in [-0.2, -0.15) is 0 Å². The number of nitrogens with one attached hydrogen (secondary N) is 1. The summed E-state index contributed by atoms with van der Waals surface area (Å²) in [5.41, 5.74) is 3.35. The molecule has 0 fully saturated rings. The van der Waals surface area contributed by atoms with E-state index in [0.717, 1.165) is 23.1 Å². The van der Waals surface area contributed by atoms with E-state index >= 15 is 0 Å². The topological polar surface area (TPSA) is 49.4 Å². The molecule has 3 aromatic rings. The molecule has 0 aliphatic heterocycles. The van der Waals surface area contributed by atoms with Gasteiger partial charge in [-0.05, 0) is 55.0 Å². The second-order valence-electron chi connectivity index (χ2n) is 8.89. The van der Waals surface area contributed by atoms with Crippen LogP contribution in [-0.2, 0) is 22.6 Å². The minimum Gasteiger partial charge on any atom is -0.352 e. The predicted octanol–water partition coefficient (Wildman–Crippen LogP) is 5.80. The maximum Gasteiger partial charge on any atom is 0.243 e. The molecule has 4 nitrogen and oxygen atoms in total. The van der Waals surface area contributed by atoms with Crippen molar-refractivity contribution in [3.05, 3.63) is 83.4 Å². The molecule has 0 spiro atoms. The first kappa shape index (κ1) is 24.5. The standard InChI is InChI=1S/C29H36N2O2/c1-5-22(4)30-29(33)27(6-2)31(20-23-12-9-11-21(3)19-23)28(32)18-17-25-15-10-14-24-13-7-8-16-26(24)25/h7-16,19,22,27H,5-6,17-18,20H2,1-4H3,(H,30,33). The zero-order chi connectivity index (χ0) is 23.8. The molecule has 2 unspecified atom stereocenters. The quantitative estimate of drug-likeness (QED) is 0.429. The smallest absolute Gasteiger partial charge is 0.243 e. The van der Waals surface area contributed by atoms with Crippen molar-refractivity contribution in [3.8, 4) is 0 Å². The van der Waals surface area contributed by atoms with E-state index in [1.165, 1.54) is 10.8 Å². The molecule has 1 N–H and O–H groups in total. The zero-order valence-corrected chi connectivity index (χ0v) is 20.3. The van der Waals surface area contributed by atoms with Crippen molar-refractivity contribution in [2.45, 2.75) is 72.0 Å². The van der Waals surface area contributed by atoms with E-state index in [9.17, 15) is 9.59 Å². The lowest BCUT2D eigenvalue weighted by Crippen LogP contribution is -2.50. The Labute approximate surface area is 198 Å². The first-order valence-corrected chi connectivity index (χ1v) is 12.0. The van der Waals surface area contributed by atoms with Crippen molar-refractivity contribution in [2.24, 2.45) is 0 Å². The Morgan fingerprint density at radius 1 is 0.939 bits per heavy atom. The number of carbonyl (C=O) groups excluding carboxylic acids is 2. The Bertz CT molecular complexity index is 1090. The van der Waals surface area contributed by atoms with Gasteiger partial charge in [-0.3, -0.25) is 9.59 Å². The second kappa shape index (κ2) is 11.6. The number of fused-ring (bicyclic) bond motifs is 1. The van der Waals surface area contributed by atoms with Gasteiger partial charge in [0.25, 0.3) is 0 Å². The van der Waals surface area contributed by atoms with Crippen molar-refractivity contribution in [3.63, 3.8) is 0 Å². The predicted molar refractivity (Wildman–Crippen MR) is 136 cm³/mol. The number of hydrogen-bond donors (Lipinski definition) is 1. The van der Waals surface area contributed by atoms with Crippen LogP contribution in [0.1, 0.15) is 56.7 Å². The number of nitrogens with zero attached hydrogens (tertiary/aromatic N) is 1. The van der Waals surface area contributed by atoms with Gasteiger partial charge in [-0.25, -0.2) is 0 Å². The average Bonchev–Trinajstić information content (AvgIpc) is 2.82. The Hall–Kier alpha value is -3.14. The summed E-state index contributed by atoms with van der Waals surface area (Å²) >= 11 is 0. The highest BCUT2D eigenvalue weighted by molar-refractivity contribution is 5.89. The number of carbonyl (C=O) groups is 2. The summed E-state index contributed by atoms with van der Waals surface area (Å²) in [6.45, 7) is 8.50. The lowest BCUT2D eigenvalue weighted by Gasteiger charge is -2.31. The maximum absolute atomic E-state index is 13.5. The monoisotopic (exact) mass is 444 g/mol. The van der Waals surface area contributed by atoms with Gasteiger partial charge in [-0.1, -0.05) is 86.1 Å². The molecule has 3 aromatic carbocycles. The van der Waals surface area contributed by atoms with Crippen molar-refractivity contribution < 1.29 is 9.59 Å². The van der Waals surface area contributed by atoms with Crippen LogP contribution in [0.3, 0.4) is 0 Å². The van der Waals surface area contributed by atoms with E-state index in [0.29, 0.717) is 25.8 Å². The molecule has 0 aromatic heterocycles. The summed E-state index contributed by atoms with van der Waals surface area (Å²) in [6.07, 6.45) is 2.45. The maximum atomic E-state index is 13.5. The molecule has 0 bridgehead atoms. The minimum atomic E-state index is -0.487. The Balaban J connectivity index is 1.83. The van der Waals surface area contributed by atoms with Crippen molar-refractivity contribution in [1.29, 1.82) is 0 Å². The third-order valence-electron chi connectivity index (χ3n) is 6.31. The lowest BCUT2D eigenvalue weighted by molar-refractivity contribution is -0.141. The van der Waals surface area contributed by atoms with Gasteiger partial charge in [0.15, 0.2) is 0 Å². The molecule has 2 amide bonds. The number of aryl methyl sites for hydroxylation is 2. The fourth-order valence-electron chi connectivity index (χ4n) is 4.26. The zero-order valence-electron chi connectivity index (χ0n) is 20.3. The molecule has 3 rings (SSSR count). The third-order valence-corrected chi connectivity index (χ3v) is 6.31. The van der Waals surface area contributed by atoms with Gasteiger partial charge >= 0.3 is 0 Å². The van der Waals surface area contributed by atoms with Gasteiger partial charge in [0.2, 0.25) is 11.8 Å². The van der Waals surface area contributed by atoms with E-state index in [-0.39, 0.29) is 17.9 Å². The molecule has 174 valence electrons. The summed E-state index contributed by atoms with van der Waals surface area (Å²) in [6, 6.07) is 22.2. The normalized spacial score (nSPS) is 12.8. The van der Waals surface area contributed by atoms with Crippen LogP contribution in [0.25, 0.3) is 10.8 Å². The van der Waals surface area contributed by atoms with Gasteiger partial charge in [0, 0.05) is 19.0 Å². The van der Waals surface area contributed by atoms with Crippen LogP contribution in [0.15, 0.2) is 66.7 Å². The molecule has 0 radical (unpaired) electrons. The first-order valence-electron chi connectivity index (χ1n) is 12.0. The molecule has 0 aliphatic rings. The van der Waals surface area contributed by atoms with Crippen LogP contribution < -0.4 is 5.32 Å². The van der Waals surface area contributed by atoms with Crippen LogP contribution in [0, 0.1) is 6.92 Å². The Morgan fingerprint density at radius 3 is 2.39 bits per heavy atom. The summed E-state index contributed by atoms with van der Waals surface area (Å²) in [4.78, 5) is 28.4. The number of hydrogen-bond acceptors (Lipinski definition) is 2. The molecular formula is C29H36N2O2. The summed E-state index contributed by atoms with van der Waals surface area (Å²) in [5, 5.41) is 5.44. The average molecular weight is 445 g/mol. The van der Waals surface area contributed by atoms with Gasteiger partial charge in [0.1, 0.15) is 6.04 Å². The summed E-state index contributed by atoms with van der Waals surface area (Å²) < 4.78 is 0.